The minimum Gasteiger partial charge on any atom is -0.347 e. The maximum absolute atomic E-state index is 12.8. The highest BCUT2D eigenvalue weighted by atomic mass is 32.2. The summed E-state index contributed by atoms with van der Waals surface area (Å²) in [6.07, 6.45) is 0. The zero-order chi connectivity index (χ0) is 20.1. The van der Waals surface area contributed by atoms with Crippen molar-refractivity contribution < 1.29 is 18.1 Å². The molecule has 0 spiro atoms. The molecule has 1 heterocycles. The molecule has 1 saturated heterocycles. The number of carbonyl (C=O) groups is 1. The zero-order valence-electron chi connectivity index (χ0n) is 16.4. The van der Waals surface area contributed by atoms with Crippen molar-refractivity contribution in [2.75, 3.05) is 26.2 Å². The van der Waals surface area contributed by atoms with Gasteiger partial charge in [0.15, 0.2) is 6.04 Å². The Balaban J connectivity index is 1.54. The highest BCUT2D eigenvalue weighted by molar-refractivity contribution is 7.89. The summed E-state index contributed by atoms with van der Waals surface area (Å²) in [5.74, 6) is -0.00584. The third-order valence-electron chi connectivity index (χ3n) is 5.34. The minimum atomic E-state index is -3.47. The van der Waals surface area contributed by atoms with Gasteiger partial charge in [-0.2, -0.15) is 4.31 Å². The Morgan fingerprint density at radius 3 is 2.29 bits per heavy atom. The van der Waals surface area contributed by atoms with Crippen molar-refractivity contribution in [2.45, 2.75) is 31.3 Å². The van der Waals surface area contributed by atoms with Gasteiger partial charge in [0, 0.05) is 6.54 Å². The van der Waals surface area contributed by atoms with Crippen LogP contribution >= 0.6 is 0 Å². The Morgan fingerprint density at radius 2 is 1.68 bits per heavy atom. The minimum absolute atomic E-state index is 0.00584. The first-order valence-corrected chi connectivity index (χ1v) is 11.0. The largest absolute Gasteiger partial charge is 0.347 e. The molecular formula is C21H28N3O3S+. The lowest BCUT2D eigenvalue weighted by molar-refractivity contribution is -0.917. The molecule has 0 saturated carbocycles. The number of carbonyl (C=O) groups excluding carboxylic acids is 1. The van der Waals surface area contributed by atoms with Crippen molar-refractivity contribution >= 4 is 15.9 Å². The van der Waals surface area contributed by atoms with Crippen LogP contribution in [0.2, 0.25) is 0 Å². The second-order valence-electron chi connectivity index (χ2n) is 7.30. The highest BCUT2D eigenvalue weighted by Gasteiger charge is 2.34. The topological polar surface area (TPSA) is 70.9 Å². The Bertz CT molecular complexity index is 890. The van der Waals surface area contributed by atoms with E-state index in [1.54, 1.807) is 12.1 Å². The third-order valence-corrected chi connectivity index (χ3v) is 7.25. The molecule has 1 atom stereocenters. The van der Waals surface area contributed by atoms with Crippen LogP contribution in [-0.4, -0.2) is 50.9 Å². The zero-order valence-corrected chi connectivity index (χ0v) is 17.2. The van der Waals surface area contributed by atoms with Crippen LogP contribution < -0.4 is 10.2 Å². The second kappa shape index (κ2) is 8.86. The molecule has 0 bridgehead atoms. The molecule has 3 rings (SSSR count). The number of rotatable bonds is 6. The molecule has 1 fully saturated rings. The van der Waals surface area contributed by atoms with Gasteiger partial charge < -0.3 is 10.2 Å². The number of aryl methyl sites for hydroxylation is 1. The number of amides is 1. The molecule has 28 heavy (non-hydrogen) atoms. The fourth-order valence-electron chi connectivity index (χ4n) is 3.43. The van der Waals surface area contributed by atoms with Gasteiger partial charge in [0.05, 0.1) is 31.1 Å². The van der Waals surface area contributed by atoms with Crippen LogP contribution in [0.4, 0.5) is 0 Å². The fourth-order valence-corrected chi connectivity index (χ4v) is 4.87. The average molecular weight is 403 g/mol. The van der Waals surface area contributed by atoms with Crippen molar-refractivity contribution in [3.63, 3.8) is 0 Å². The first-order chi connectivity index (χ1) is 13.4. The molecule has 7 heteroatoms. The van der Waals surface area contributed by atoms with Crippen molar-refractivity contribution in [3.05, 3.63) is 65.7 Å². The third kappa shape index (κ3) is 4.79. The van der Waals surface area contributed by atoms with Gasteiger partial charge in [-0.1, -0.05) is 48.0 Å². The van der Waals surface area contributed by atoms with E-state index in [0.717, 1.165) is 16.0 Å². The Labute approximate surface area is 167 Å². The molecule has 2 aromatic carbocycles. The van der Waals surface area contributed by atoms with Crippen LogP contribution in [-0.2, 0) is 21.4 Å². The SMILES string of the molecule is Cc1ccc(S(=O)(=O)N2CC[NH+]([C@@H](C)C(=O)NCc3ccccc3)CC2)cc1. The normalized spacial score (nSPS) is 17.2. The van der Waals surface area contributed by atoms with Crippen LogP contribution in [0.25, 0.3) is 0 Å². The Hall–Kier alpha value is -2.22. The molecule has 150 valence electrons. The van der Waals surface area contributed by atoms with Crippen LogP contribution in [0.1, 0.15) is 18.1 Å². The molecular weight excluding hydrogens is 374 g/mol. The number of hydrogen-bond acceptors (Lipinski definition) is 3. The van der Waals surface area contributed by atoms with E-state index < -0.39 is 10.0 Å². The van der Waals surface area contributed by atoms with Crippen LogP contribution in [0.3, 0.4) is 0 Å². The van der Waals surface area contributed by atoms with Crippen LogP contribution in [0.5, 0.6) is 0 Å². The molecule has 1 aliphatic heterocycles. The summed E-state index contributed by atoms with van der Waals surface area (Å²) in [7, 11) is -3.47. The summed E-state index contributed by atoms with van der Waals surface area (Å²) < 4.78 is 27.1. The summed E-state index contributed by atoms with van der Waals surface area (Å²) in [5, 5.41) is 2.98. The van der Waals surface area contributed by atoms with Gasteiger partial charge in [-0.05, 0) is 31.5 Å². The van der Waals surface area contributed by atoms with E-state index in [9.17, 15) is 13.2 Å². The van der Waals surface area contributed by atoms with E-state index in [2.05, 4.69) is 5.32 Å². The number of hydrogen-bond donors (Lipinski definition) is 2. The van der Waals surface area contributed by atoms with Crippen molar-refractivity contribution in [1.29, 1.82) is 0 Å². The van der Waals surface area contributed by atoms with E-state index in [1.165, 1.54) is 4.31 Å². The summed E-state index contributed by atoms with van der Waals surface area (Å²) in [4.78, 5) is 13.9. The predicted octanol–water partition coefficient (Wildman–Crippen LogP) is 0.589. The lowest BCUT2D eigenvalue weighted by atomic mass is 10.2. The number of benzene rings is 2. The molecule has 2 N–H and O–H groups in total. The molecule has 2 aromatic rings. The van der Waals surface area contributed by atoms with E-state index >= 15 is 0 Å². The molecule has 0 unspecified atom stereocenters. The standard InChI is InChI=1S/C21H27N3O3S/c1-17-8-10-20(11-9-17)28(26,27)24-14-12-23(13-15-24)18(2)21(25)22-16-19-6-4-3-5-7-19/h3-11,18H,12-16H2,1-2H3,(H,22,25)/p+1/t18-/m0/s1. The predicted molar refractivity (Wildman–Crippen MR) is 108 cm³/mol. The van der Waals surface area contributed by atoms with Gasteiger partial charge in [-0.25, -0.2) is 8.42 Å². The van der Waals surface area contributed by atoms with Gasteiger partial charge in [-0.15, -0.1) is 0 Å². The Morgan fingerprint density at radius 1 is 1.07 bits per heavy atom. The lowest BCUT2D eigenvalue weighted by Crippen LogP contribution is -3.19. The summed E-state index contributed by atoms with van der Waals surface area (Å²) in [6, 6.07) is 16.5. The summed E-state index contributed by atoms with van der Waals surface area (Å²) in [5.41, 5.74) is 2.09. The first-order valence-electron chi connectivity index (χ1n) is 9.61. The van der Waals surface area contributed by atoms with Gasteiger partial charge in [0.1, 0.15) is 0 Å². The molecule has 6 nitrogen and oxygen atoms in total. The quantitative estimate of drug-likeness (QED) is 0.743. The van der Waals surface area contributed by atoms with Crippen LogP contribution in [0.15, 0.2) is 59.5 Å². The fraction of sp³-hybridized carbons (Fsp3) is 0.381. The van der Waals surface area contributed by atoms with Gasteiger partial charge in [-0.3, -0.25) is 4.79 Å². The first kappa shape index (κ1) is 20.5. The van der Waals surface area contributed by atoms with Gasteiger partial charge in [0.25, 0.3) is 5.91 Å². The van der Waals surface area contributed by atoms with Crippen molar-refractivity contribution in [1.82, 2.24) is 9.62 Å². The molecule has 0 aromatic heterocycles. The molecule has 1 aliphatic rings. The molecule has 1 amide bonds. The van der Waals surface area contributed by atoms with Gasteiger partial charge in [0.2, 0.25) is 10.0 Å². The number of nitrogens with zero attached hydrogens (tertiary/aromatic N) is 1. The maximum atomic E-state index is 12.8. The van der Waals surface area contributed by atoms with E-state index in [4.69, 9.17) is 0 Å². The highest BCUT2D eigenvalue weighted by Crippen LogP contribution is 2.16. The summed E-state index contributed by atoms with van der Waals surface area (Å²) >= 11 is 0. The smallest absolute Gasteiger partial charge is 0.278 e. The van der Waals surface area contributed by atoms with E-state index in [-0.39, 0.29) is 11.9 Å². The number of piperazine rings is 1. The van der Waals surface area contributed by atoms with Crippen LogP contribution in [0, 0.1) is 6.92 Å². The monoisotopic (exact) mass is 402 g/mol. The number of nitrogens with one attached hydrogen (secondary N) is 2. The van der Waals surface area contributed by atoms with Crippen molar-refractivity contribution in [3.8, 4) is 0 Å². The molecule has 0 aliphatic carbocycles. The summed E-state index contributed by atoms with van der Waals surface area (Å²) in [6.45, 7) is 6.41. The van der Waals surface area contributed by atoms with E-state index in [0.29, 0.717) is 37.6 Å². The average Bonchev–Trinajstić information content (AvgIpc) is 2.72. The van der Waals surface area contributed by atoms with E-state index in [1.807, 2.05) is 56.3 Å². The van der Waals surface area contributed by atoms with Crippen molar-refractivity contribution in [2.24, 2.45) is 0 Å². The second-order valence-corrected chi connectivity index (χ2v) is 9.24. The lowest BCUT2D eigenvalue weighted by Gasteiger charge is -2.34. The number of quaternary nitrogens is 1. The molecule has 0 radical (unpaired) electrons. The number of sulfonamides is 1. The van der Waals surface area contributed by atoms with Gasteiger partial charge >= 0.3 is 0 Å². The maximum Gasteiger partial charge on any atom is 0.278 e. The Kier molecular flexibility index (Phi) is 6.49.